The van der Waals surface area contributed by atoms with Crippen molar-refractivity contribution in [2.75, 3.05) is 6.61 Å². The van der Waals surface area contributed by atoms with E-state index in [0.717, 1.165) is 4.47 Å². The summed E-state index contributed by atoms with van der Waals surface area (Å²) in [6.07, 6.45) is 1.02. The fourth-order valence-corrected chi connectivity index (χ4v) is 2.29. The van der Waals surface area contributed by atoms with Crippen LogP contribution in [0, 0.1) is 0 Å². The van der Waals surface area contributed by atoms with Gasteiger partial charge in [-0.3, -0.25) is 9.59 Å². The summed E-state index contributed by atoms with van der Waals surface area (Å²) in [6, 6.07) is 7.14. The van der Waals surface area contributed by atoms with Crippen molar-refractivity contribution in [1.29, 1.82) is 0 Å². The number of carboxylic acids is 1. The number of carboxylic acid groups (broad SMARTS) is 1. The maximum Gasteiger partial charge on any atom is 0.305 e. The summed E-state index contributed by atoms with van der Waals surface area (Å²) >= 11 is 3.32. The summed E-state index contributed by atoms with van der Waals surface area (Å²) in [5, 5.41) is 11.8. The Labute approximate surface area is 132 Å². The summed E-state index contributed by atoms with van der Waals surface area (Å²) < 4.78 is 6.31. The first-order valence-corrected chi connectivity index (χ1v) is 7.61. The van der Waals surface area contributed by atoms with E-state index in [1.165, 1.54) is 0 Å². The van der Waals surface area contributed by atoms with Crippen molar-refractivity contribution in [3.8, 4) is 5.75 Å². The molecule has 0 heterocycles. The van der Waals surface area contributed by atoms with Gasteiger partial charge in [0, 0.05) is 4.47 Å². The standard InChI is InChI=1S/C15H20BrNO4/c1-3-15(4-2,9-14(19)20)17-13(18)10-21-12-7-5-11(16)6-8-12/h5-8H,3-4,9-10H2,1-2H3,(H,17,18)(H,19,20). The molecule has 0 unspecified atom stereocenters. The van der Waals surface area contributed by atoms with Crippen molar-refractivity contribution >= 4 is 27.8 Å². The van der Waals surface area contributed by atoms with E-state index in [-0.39, 0.29) is 18.9 Å². The predicted molar refractivity (Wildman–Crippen MR) is 83.3 cm³/mol. The Kier molecular flexibility index (Phi) is 6.68. The van der Waals surface area contributed by atoms with Gasteiger partial charge >= 0.3 is 5.97 Å². The second kappa shape index (κ2) is 8.02. The quantitative estimate of drug-likeness (QED) is 0.749. The van der Waals surface area contributed by atoms with Crippen LogP contribution in [0.3, 0.4) is 0 Å². The lowest BCUT2D eigenvalue weighted by Crippen LogP contribution is -2.50. The highest BCUT2D eigenvalue weighted by Gasteiger charge is 2.30. The zero-order valence-electron chi connectivity index (χ0n) is 12.2. The number of carbonyl (C=O) groups excluding carboxylic acids is 1. The first-order valence-electron chi connectivity index (χ1n) is 6.82. The lowest BCUT2D eigenvalue weighted by atomic mass is 9.89. The van der Waals surface area contributed by atoms with Crippen LogP contribution in [0.25, 0.3) is 0 Å². The molecule has 0 radical (unpaired) electrons. The molecule has 0 bridgehead atoms. The summed E-state index contributed by atoms with van der Waals surface area (Å²) in [5.41, 5.74) is -0.716. The van der Waals surface area contributed by atoms with Gasteiger partial charge in [0.1, 0.15) is 5.75 Å². The zero-order valence-corrected chi connectivity index (χ0v) is 13.8. The molecule has 1 amide bonds. The molecule has 6 heteroatoms. The van der Waals surface area contributed by atoms with Crippen LogP contribution in [0.5, 0.6) is 5.75 Å². The minimum Gasteiger partial charge on any atom is -0.484 e. The number of benzene rings is 1. The molecule has 0 aliphatic carbocycles. The first kappa shape index (κ1) is 17.5. The van der Waals surface area contributed by atoms with Gasteiger partial charge in [-0.15, -0.1) is 0 Å². The van der Waals surface area contributed by atoms with Crippen LogP contribution in [0.4, 0.5) is 0 Å². The van der Waals surface area contributed by atoms with Crippen LogP contribution in [0.1, 0.15) is 33.1 Å². The highest BCUT2D eigenvalue weighted by atomic mass is 79.9. The molecule has 0 fully saturated rings. The van der Waals surface area contributed by atoms with Gasteiger partial charge in [-0.1, -0.05) is 29.8 Å². The minimum atomic E-state index is -0.923. The van der Waals surface area contributed by atoms with Crippen molar-refractivity contribution in [2.45, 2.75) is 38.6 Å². The Balaban J connectivity index is 2.57. The molecule has 2 N–H and O–H groups in total. The van der Waals surface area contributed by atoms with Gasteiger partial charge in [0.15, 0.2) is 6.61 Å². The van der Waals surface area contributed by atoms with E-state index in [1.54, 1.807) is 12.1 Å². The first-order chi connectivity index (χ1) is 9.90. The molecule has 21 heavy (non-hydrogen) atoms. The van der Waals surface area contributed by atoms with E-state index in [9.17, 15) is 9.59 Å². The smallest absolute Gasteiger partial charge is 0.305 e. The van der Waals surface area contributed by atoms with Gasteiger partial charge in [-0.25, -0.2) is 0 Å². The number of rotatable bonds is 8. The lowest BCUT2D eigenvalue weighted by molar-refractivity contribution is -0.139. The number of hydrogen-bond donors (Lipinski definition) is 2. The van der Waals surface area contributed by atoms with E-state index in [4.69, 9.17) is 9.84 Å². The highest BCUT2D eigenvalue weighted by Crippen LogP contribution is 2.20. The number of halogens is 1. The molecular formula is C15H20BrNO4. The average Bonchev–Trinajstić information content (AvgIpc) is 2.45. The van der Waals surface area contributed by atoms with Crippen molar-refractivity contribution in [3.05, 3.63) is 28.7 Å². The molecule has 1 rings (SSSR count). The van der Waals surface area contributed by atoms with Gasteiger partial charge in [-0.05, 0) is 37.1 Å². The monoisotopic (exact) mass is 357 g/mol. The van der Waals surface area contributed by atoms with Crippen LogP contribution in [-0.4, -0.2) is 29.1 Å². The number of nitrogens with one attached hydrogen (secondary N) is 1. The molecule has 0 spiro atoms. The van der Waals surface area contributed by atoms with E-state index in [1.807, 2.05) is 26.0 Å². The van der Waals surface area contributed by atoms with Crippen LogP contribution >= 0.6 is 15.9 Å². The fraction of sp³-hybridized carbons (Fsp3) is 0.467. The Morgan fingerprint density at radius 2 is 1.81 bits per heavy atom. The number of amides is 1. The summed E-state index contributed by atoms with van der Waals surface area (Å²) in [5.74, 6) is -0.652. The SMILES string of the molecule is CCC(CC)(CC(=O)O)NC(=O)COc1ccc(Br)cc1. The number of carbonyl (C=O) groups is 2. The molecule has 116 valence electrons. The molecule has 0 aromatic heterocycles. The number of hydrogen-bond acceptors (Lipinski definition) is 3. The van der Waals surface area contributed by atoms with Gasteiger partial charge in [0.2, 0.25) is 0 Å². The Morgan fingerprint density at radius 1 is 1.24 bits per heavy atom. The molecule has 1 aromatic rings. The second-order valence-electron chi connectivity index (χ2n) is 4.85. The van der Waals surface area contributed by atoms with E-state index in [2.05, 4.69) is 21.2 Å². The van der Waals surface area contributed by atoms with Gasteiger partial charge in [0.25, 0.3) is 5.91 Å². The highest BCUT2D eigenvalue weighted by molar-refractivity contribution is 9.10. The molecule has 0 atom stereocenters. The van der Waals surface area contributed by atoms with Crippen molar-refractivity contribution in [3.63, 3.8) is 0 Å². The largest absolute Gasteiger partial charge is 0.484 e. The van der Waals surface area contributed by atoms with Crippen molar-refractivity contribution < 1.29 is 19.4 Å². The Bertz CT molecular complexity index is 483. The molecule has 0 saturated carbocycles. The minimum absolute atomic E-state index is 0.0932. The maximum absolute atomic E-state index is 12.0. The summed E-state index contributed by atoms with van der Waals surface area (Å²) in [6.45, 7) is 3.59. The van der Waals surface area contributed by atoms with Gasteiger partial charge in [-0.2, -0.15) is 0 Å². The third-order valence-corrected chi connectivity index (χ3v) is 3.96. The summed E-state index contributed by atoms with van der Waals surface area (Å²) in [7, 11) is 0. The summed E-state index contributed by atoms with van der Waals surface area (Å²) in [4.78, 5) is 22.9. The second-order valence-corrected chi connectivity index (χ2v) is 5.76. The third kappa shape index (κ3) is 5.75. The van der Waals surface area contributed by atoms with Crippen LogP contribution < -0.4 is 10.1 Å². The van der Waals surface area contributed by atoms with Crippen molar-refractivity contribution in [1.82, 2.24) is 5.32 Å². The van der Waals surface area contributed by atoms with E-state index >= 15 is 0 Å². The molecule has 1 aromatic carbocycles. The van der Waals surface area contributed by atoms with Crippen LogP contribution in [0.15, 0.2) is 28.7 Å². The molecule has 5 nitrogen and oxygen atoms in total. The molecule has 0 aliphatic rings. The third-order valence-electron chi connectivity index (χ3n) is 3.43. The normalized spacial score (nSPS) is 11.0. The van der Waals surface area contributed by atoms with Gasteiger partial charge < -0.3 is 15.2 Å². The number of aliphatic carboxylic acids is 1. The Hall–Kier alpha value is -1.56. The van der Waals surface area contributed by atoms with E-state index in [0.29, 0.717) is 18.6 Å². The van der Waals surface area contributed by atoms with Crippen molar-refractivity contribution in [2.24, 2.45) is 0 Å². The maximum atomic E-state index is 12.0. The predicted octanol–water partition coefficient (Wildman–Crippen LogP) is 2.98. The van der Waals surface area contributed by atoms with E-state index < -0.39 is 11.5 Å². The fourth-order valence-electron chi connectivity index (χ4n) is 2.02. The van der Waals surface area contributed by atoms with Crippen LogP contribution in [-0.2, 0) is 9.59 Å². The Morgan fingerprint density at radius 3 is 2.29 bits per heavy atom. The zero-order chi connectivity index (χ0) is 15.9. The molecule has 0 aliphatic heterocycles. The molecular weight excluding hydrogens is 338 g/mol. The van der Waals surface area contributed by atoms with Crippen LogP contribution in [0.2, 0.25) is 0 Å². The lowest BCUT2D eigenvalue weighted by Gasteiger charge is -2.31. The van der Waals surface area contributed by atoms with Gasteiger partial charge in [0.05, 0.1) is 12.0 Å². The molecule has 0 saturated heterocycles. The average molecular weight is 358 g/mol. The number of ether oxygens (including phenoxy) is 1. The topological polar surface area (TPSA) is 75.6 Å².